The third-order valence-corrected chi connectivity index (χ3v) is 7.40. The van der Waals surface area contributed by atoms with Crippen molar-refractivity contribution in [2.24, 2.45) is 0 Å². The highest BCUT2D eigenvalue weighted by atomic mass is 32.1. The number of para-hydroxylation sites is 1. The SMILES string of the molecule is CCCCOc1ccc(-c2nc3s/c(=C\c4cn(-c5ccccc5)nc4-c4ccc(C)cc4)c(=O)n3n2)cc1. The van der Waals surface area contributed by atoms with Crippen LogP contribution < -0.4 is 14.8 Å². The van der Waals surface area contributed by atoms with E-state index in [4.69, 9.17) is 9.84 Å². The Hall–Kier alpha value is -4.56. The topological polar surface area (TPSA) is 74.3 Å². The third-order valence-electron chi connectivity index (χ3n) is 6.44. The average molecular weight is 534 g/mol. The Bertz CT molecular complexity index is 1840. The zero-order valence-electron chi connectivity index (χ0n) is 21.7. The summed E-state index contributed by atoms with van der Waals surface area (Å²) in [6.45, 7) is 4.89. The molecule has 0 radical (unpaired) electrons. The van der Waals surface area contributed by atoms with Crippen molar-refractivity contribution >= 4 is 22.4 Å². The van der Waals surface area contributed by atoms with Crippen molar-refractivity contribution in [3.8, 4) is 34.1 Å². The second kappa shape index (κ2) is 10.7. The second-order valence-corrected chi connectivity index (χ2v) is 10.4. The average Bonchev–Trinajstić information content (AvgIpc) is 3.65. The number of hydrogen-bond acceptors (Lipinski definition) is 6. The smallest absolute Gasteiger partial charge is 0.291 e. The number of ether oxygens (including phenoxy) is 1. The van der Waals surface area contributed by atoms with E-state index in [0.717, 1.165) is 46.7 Å². The first kappa shape index (κ1) is 24.8. The van der Waals surface area contributed by atoms with Gasteiger partial charge >= 0.3 is 0 Å². The molecule has 3 aromatic carbocycles. The van der Waals surface area contributed by atoms with Crippen LogP contribution in [0.2, 0.25) is 0 Å². The first-order valence-corrected chi connectivity index (χ1v) is 13.8. The van der Waals surface area contributed by atoms with Gasteiger partial charge in [-0.3, -0.25) is 4.79 Å². The summed E-state index contributed by atoms with van der Waals surface area (Å²) in [5.41, 5.74) is 5.40. The van der Waals surface area contributed by atoms with Crippen LogP contribution in [-0.2, 0) is 0 Å². The number of fused-ring (bicyclic) bond motifs is 1. The molecule has 0 aliphatic carbocycles. The molecule has 0 unspecified atom stereocenters. The first-order valence-electron chi connectivity index (χ1n) is 13.0. The molecule has 0 bridgehead atoms. The molecule has 6 rings (SSSR count). The molecule has 7 nitrogen and oxygen atoms in total. The molecule has 0 saturated carbocycles. The van der Waals surface area contributed by atoms with E-state index in [-0.39, 0.29) is 5.56 Å². The van der Waals surface area contributed by atoms with Crippen LogP contribution in [0.5, 0.6) is 5.75 Å². The molecule has 3 aromatic heterocycles. The summed E-state index contributed by atoms with van der Waals surface area (Å²) in [5.74, 6) is 1.33. The Morgan fingerprint density at radius 2 is 1.67 bits per heavy atom. The molecule has 0 atom stereocenters. The third kappa shape index (κ3) is 5.11. The van der Waals surface area contributed by atoms with Gasteiger partial charge in [-0.15, -0.1) is 5.10 Å². The van der Waals surface area contributed by atoms with E-state index in [2.05, 4.69) is 48.2 Å². The molecule has 8 heteroatoms. The zero-order valence-corrected chi connectivity index (χ0v) is 22.6. The van der Waals surface area contributed by atoms with Gasteiger partial charge < -0.3 is 4.74 Å². The maximum absolute atomic E-state index is 13.3. The summed E-state index contributed by atoms with van der Waals surface area (Å²) in [5, 5.41) is 9.39. The predicted molar refractivity (Wildman–Crippen MR) is 155 cm³/mol. The van der Waals surface area contributed by atoms with Gasteiger partial charge in [0, 0.05) is 22.9 Å². The number of unbranched alkanes of at least 4 members (excludes halogenated alkanes) is 1. The molecule has 6 aromatic rings. The Balaban J connectivity index is 1.37. The Kier molecular flexibility index (Phi) is 6.77. The van der Waals surface area contributed by atoms with Crippen LogP contribution in [0.3, 0.4) is 0 Å². The Morgan fingerprint density at radius 1 is 0.923 bits per heavy atom. The standard InChI is InChI=1S/C31H27N5O2S/c1-3-4-18-38-26-16-14-23(15-17-26)29-32-31-36(34-29)30(37)27(39-31)19-24-20-35(25-8-6-5-7-9-25)33-28(24)22-12-10-21(2)11-13-22/h5-17,19-20H,3-4,18H2,1-2H3/b27-19-. The summed E-state index contributed by atoms with van der Waals surface area (Å²) in [6.07, 6.45) is 5.95. The molecular weight excluding hydrogens is 506 g/mol. The van der Waals surface area contributed by atoms with E-state index < -0.39 is 0 Å². The monoisotopic (exact) mass is 533 g/mol. The summed E-state index contributed by atoms with van der Waals surface area (Å²) < 4.78 is 9.52. The summed E-state index contributed by atoms with van der Waals surface area (Å²) in [4.78, 5) is 18.5. The highest BCUT2D eigenvalue weighted by Gasteiger charge is 2.15. The number of benzene rings is 3. The van der Waals surface area contributed by atoms with Crippen molar-refractivity contribution in [3.05, 3.63) is 111 Å². The van der Waals surface area contributed by atoms with Gasteiger partial charge in [0.25, 0.3) is 5.56 Å². The van der Waals surface area contributed by atoms with Gasteiger partial charge in [-0.1, -0.05) is 72.7 Å². The molecule has 0 aliphatic rings. The van der Waals surface area contributed by atoms with E-state index in [1.807, 2.05) is 71.6 Å². The summed E-state index contributed by atoms with van der Waals surface area (Å²) >= 11 is 1.32. The molecule has 0 fully saturated rings. The maximum atomic E-state index is 13.3. The minimum atomic E-state index is -0.199. The Morgan fingerprint density at radius 3 is 2.38 bits per heavy atom. The van der Waals surface area contributed by atoms with Crippen LogP contribution in [0.4, 0.5) is 0 Å². The van der Waals surface area contributed by atoms with E-state index >= 15 is 0 Å². The summed E-state index contributed by atoms with van der Waals surface area (Å²) in [7, 11) is 0. The first-order chi connectivity index (χ1) is 19.1. The van der Waals surface area contributed by atoms with E-state index in [1.54, 1.807) is 0 Å². The molecule has 0 amide bonds. The van der Waals surface area contributed by atoms with Crippen LogP contribution in [0.15, 0.2) is 89.9 Å². The molecule has 0 spiro atoms. The molecule has 194 valence electrons. The largest absolute Gasteiger partial charge is 0.494 e. The molecule has 0 N–H and O–H groups in total. The van der Waals surface area contributed by atoms with Gasteiger partial charge in [-0.2, -0.15) is 14.6 Å². The van der Waals surface area contributed by atoms with Gasteiger partial charge in [-0.05, 0) is 55.8 Å². The van der Waals surface area contributed by atoms with Gasteiger partial charge in [0.1, 0.15) is 5.75 Å². The van der Waals surface area contributed by atoms with E-state index in [0.29, 0.717) is 21.9 Å². The highest BCUT2D eigenvalue weighted by molar-refractivity contribution is 7.15. The van der Waals surface area contributed by atoms with Crippen molar-refractivity contribution in [3.63, 3.8) is 0 Å². The molecule has 3 heterocycles. The number of nitrogens with zero attached hydrogens (tertiary/aromatic N) is 5. The van der Waals surface area contributed by atoms with Crippen molar-refractivity contribution < 1.29 is 4.74 Å². The van der Waals surface area contributed by atoms with Crippen molar-refractivity contribution in [1.29, 1.82) is 0 Å². The van der Waals surface area contributed by atoms with Crippen LogP contribution in [0.1, 0.15) is 30.9 Å². The minimum absolute atomic E-state index is 0.199. The fourth-order valence-corrected chi connectivity index (χ4v) is 5.17. The van der Waals surface area contributed by atoms with E-state index in [9.17, 15) is 4.79 Å². The predicted octanol–water partition coefficient (Wildman–Crippen LogP) is 5.71. The van der Waals surface area contributed by atoms with Gasteiger partial charge in [0.2, 0.25) is 4.96 Å². The lowest BCUT2D eigenvalue weighted by Crippen LogP contribution is -2.23. The lowest BCUT2D eigenvalue weighted by atomic mass is 10.1. The van der Waals surface area contributed by atoms with Crippen LogP contribution in [0.25, 0.3) is 39.4 Å². The fourth-order valence-electron chi connectivity index (χ4n) is 4.27. The second-order valence-electron chi connectivity index (χ2n) is 9.35. The van der Waals surface area contributed by atoms with Crippen LogP contribution in [-0.4, -0.2) is 31.0 Å². The molecule has 0 saturated heterocycles. The van der Waals surface area contributed by atoms with Gasteiger partial charge in [0.05, 0.1) is 22.5 Å². The molecular formula is C31H27N5O2S. The van der Waals surface area contributed by atoms with Gasteiger partial charge in [-0.25, -0.2) is 4.68 Å². The number of aromatic nitrogens is 5. The number of thiazole rings is 1. The summed E-state index contributed by atoms with van der Waals surface area (Å²) in [6, 6.07) is 25.8. The number of hydrogen-bond donors (Lipinski definition) is 0. The minimum Gasteiger partial charge on any atom is -0.494 e. The lowest BCUT2D eigenvalue weighted by Gasteiger charge is -2.05. The van der Waals surface area contributed by atoms with Crippen molar-refractivity contribution in [1.82, 2.24) is 24.4 Å². The normalized spacial score (nSPS) is 11.9. The van der Waals surface area contributed by atoms with Crippen LogP contribution in [0, 0.1) is 6.92 Å². The zero-order chi connectivity index (χ0) is 26.8. The number of aryl methyl sites for hydroxylation is 1. The van der Waals surface area contributed by atoms with Crippen molar-refractivity contribution in [2.45, 2.75) is 26.7 Å². The van der Waals surface area contributed by atoms with E-state index in [1.165, 1.54) is 21.4 Å². The highest BCUT2D eigenvalue weighted by Crippen LogP contribution is 2.25. The molecule has 39 heavy (non-hydrogen) atoms. The number of rotatable bonds is 8. The van der Waals surface area contributed by atoms with Crippen LogP contribution >= 0.6 is 11.3 Å². The van der Waals surface area contributed by atoms with Crippen molar-refractivity contribution in [2.75, 3.05) is 6.61 Å². The Labute approximate surface area is 229 Å². The van der Waals surface area contributed by atoms with Gasteiger partial charge in [0.15, 0.2) is 5.82 Å². The lowest BCUT2D eigenvalue weighted by molar-refractivity contribution is 0.309. The molecule has 0 aliphatic heterocycles. The fraction of sp³-hybridized carbons (Fsp3) is 0.161. The quantitative estimate of drug-likeness (QED) is 0.235. The maximum Gasteiger partial charge on any atom is 0.291 e.